The third-order valence-corrected chi connectivity index (χ3v) is 4.02. The summed E-state index contributed by atoms with van der Waals surface area (Å²) in [5.74, 6) is 1.95. The van der Waals surface area contributed by atoms with Crippen LogP contribution < -0.4 is 5.32 Å². The van der Waals surface area contributed by atoms with Crippen LogP contribution in [0.15, 0.2) is 24.3 Å². The van der Waals surface area contributed by atoms with Gasteiger partial charge in [0.05, 0.1) is 17.8 Å². The Morgan fingerprint density at radius 1 is 1.36 bits per heavy atom. The van der Waals surface area contributed by atoms with Crippen LogP contribution in [0.4, 0.5) is 13.2 Å². The molecule has 114 valence electrons. The van der Waals surface area contributed by atoms with Crippen LogP contribution in [-0.2, 0) is 6.18 Å². The quantitative estimate of drug-likeness (QED) is 0.878. The molecule has 2 rings (SSSR count). The minimum atomic E-state index is -4.38. The second-order valence-electron chi connectivity index (χ2n) is 4.40. The fraction of sp³-hybridized carbons (Fsp3) is 0.200. The summed E-state index contributed by atoms with van der Waals surface area (Å²) in [4.78, 5) is 16.5. The number of thiazole rings is 1. The molecule has 0 unspecified atom stereocenters. The number of hydrogen-bond donors (Lipinski definition) is 1. The number of aryl methyl sites for hydroxylation is 1. The minimum absolute atomic E-state index is 0.103. The van der Waals surface area contributed by atoms with E-state index >= 15 is 0 Å². The van der Waals surface area contributed by atoms with Crippen LogP contribution in [0.1, 0.15) is 20.9 Å². The molecule has 0 spiro atoms. The maximum absolute atomic E-state index is 12.5. The molecular formula is C15H11F3N2OS. The number of amides is 1. The molecule has 0 aliphatic heterocycles. The van der Waals surface area contributed by atoms with Crippen molar-refractivity contribution in [2.24, 2.45) is 0 Å². The maximum atomic E-state index is 12.5. The Morgan fingerprint density at radius 3 is 2.55 bits per heavy atom. The van der Waals surface area contributed by atoms with E-state index in [0.29, 0.717) is 21.1 Å². The Labute approximate surface area is 129 Å². The molecule has 0 aliphatic rings. The normalized spacial score (nSPS) is 11.0. The molecule has 1 amide bonds. The Morgan fingerprint density at radius 2 is 2.00 bits per heavy atom. The number of terminal acetylenes is 1. The molecule has 2 aromatic rings. The number of nitrogens with one attached hydrogen (secondary N) is 1. The summed E-state index contributed by atoms with van der Waals surface area (Å²) in [5, 5.41) is 3.01. The van der Waals surface area contributed by atoms with Gasteiger partial charge < -0.3 is 5.32 Å². The van der Waals surface area contributed by atoms with E-state index in [1.54, 1.807) is 6.92 Å². The topological polar surface area (TPSA) is 42.0 Å². The van der Waals surface area contributed by atoms with Crippen LogP contribution in [0.2, 0.25) is 0 Å². The van der Waals surface area contributed by atoms with Gasteiger partial charge in [-0.1, -0.05) is 18.1 Å². The number of carbonyl (C=O) groups is 1. The highest BCUT2D eigenvalue weighted by Crippen LogP contribution is 2.32. The van der Waals surface area contributed by atoms with Crippen LogP contribution >= 0.6 is 11.3 Å². The maximum Gasteiger partial charge on any atom is 0.416 e. The van der Waals surface area contributed by atoms with E-state index in [1.807, 2.05) is 0 Å². The van der Waals surface area contributed by atoms with Gasteiger partial charge in [-0.15, -0.1) is 17.8 Å². The van der Waals surface area contributed by atoms with E-state index in [4.69, 9.17) is 6.42 Å². The Bertz CT molecular complexity index is 727. The molecule has 3 nitrogen and oxygen atoms in total. The third kappa shape index (κ3) is 3.46. The number of carbonyl (C=O) groups excluding carboxylic acids is 1. The molecule has 7 heteroatoms. The summed E-state index contributed by atoms with van der Waals surface area (Å²) < 4.78 is 37.6. The smallest absolute Gasteiger partial charge is 0.340 e. The van der Waals surface area contributed by atoms with E-state index in [9.17, 15) is 18.0 Å². The molecule has 1 N–H and O–H groups in total. The number of alkyl halides is 3. The van der Waals surface area contributed by atoms with Gasteiger partial charge in [0.25, 0.3) is 5.91 Å². The van der Waals surface area contributed by atoms with E-state index in [1.165, 1.54) is 12.1 Å². The number of halogens is 3. The first kappa shape index (κ1) is 16.0. The summed E-state index contributed by atoms with van der Waals surface area (Å²) in [6.07, 6.45) is 0.692. The molecule has 0 aliphatic carbocycles. The summed E-state index contributed by atoms with van der Waals surface area (Å²) >= 11 is 1.11. The highest BCUT2D eigenvalue weighted by atomic mass is 32.1. The van der Waals surface area contributed by atoms with Crippen LogP contribution in [0.5, 0.6) is 0 Å². The van der Waals surface area contributed by atoms with Crippen molar-refractivity contribution in [1.29, 1.82) is 0 Å². The van der Waals surface area contributed by atoms with Gasteiger partial charge in [0.1, 0.15) is 9.88 Å². The van der Waals surface area contributed by atoms with Crippen molar-refractivity contribution in [1.82, 2.24) is 10.3 Å². The second kappa shape index (κ2) is 6.20. The van der Waals surface area contributed by atoms with Crippen LogP contribution in [0, 0.1) is 19.3 Å². The van der Waals surface area contributed by atoms with Crippen LogP contribution in [0.3, 0.4) is 0 Å². The summed E-state index contributed by atoms with van der Waals surface area (Å²) in [7, 11) is 0. The predicted octanol–water partition coefficient (Wildman–Crippen LogP) is 3.50. The number of benzene rings is 1. The monoisotopic (exact) mass is 324 g/mol. The van der Waals surface area contributed by atoms with Crippen molar-refractivity contribution < 1.29 is 18.0 Å². The van der Waals surface area contributed by atoms with Gasteiger partial charge in [-0.05, 0) is 19.1 Å². The lowest BCUT2D eigenvalue weighted by Crippen LogP contribution is -2.23. The summed E-state index contributed by atoms with van der Waals surface area (Å²) in [6, 6.07) is 4.66. The molecule has 0 fully saturated rings. The molecule has 1 heterocycles. The average Bonchev–Trinajstić information content (AvgIpc) is 2.86. The van der Waals surface area contributed by atoms with E-state index in [-0.39, 0.29) is 12.5 Å². The zero-order valence-electron chi connectivity index (χ0n) is 11.5. The van der Waals surface area contributed by atoms with Gasteiger partial charge in [-0.3, -0.25) is 4.79 Å². The fourth-order valence-corrected chi connectivity index (χ4v) is 2.73. The largest absolute Gasteiger partial charge is 0.416 e. The van der Waals surface area contributed by atoms with Crippen LogP contribution in [-0.4, -0.2) is 17.4 Å². The molecular weight excluding hydrogens is 313 g/mol. The minimum Gasteiger partial charge on any atom is -0.340 e. The molecule has 0 saturated heterocycles. The summed E-state index contributed by atoms with van der Waals surface area (Å²) in [6.45, 7) is 1.76. The van der Waals surface area contributed by atoms with E-state index in [2.05, 4.69) is 16.2 Å². The van der Waals surface area contributed by atoms with Gasteiger partial charge in [-0.25, -0.2) is 4.98 Å². The SMILES string of the molecule is C#CCNC(=O)c1sc(-c2ccc(C(F)(F)F)cc2)nc1C. The zero-order chi connectivity index (χ0) is 16.3. The second-order valence-corrected chi connectivity index (χ2v) is 5.39. The lowest BCUT2D eigenvalue weighted by atomic mass is 10.1. The number of hydrogen-bond acceptors (Lipinski definition) is 3. The van der Waals surface area contributed by atoms with Crippen molar-refractivity contribution in [2.45, 2.75) is 13.1 Å². The molecule has 1 aromatic carbocycles. The standard InChI is InChI=1S/C15H11F3N2OS/c1-3-8-19-13(21)12-9(2)20-14(22-12)10-4-6-11(7-5-10)15(16,17)18/h1,4-7H,8H2,2H3,(H,19,21). The molecule has 0 atom stereocenters. The lowest BCUT2D eigenvalue weighted by Gasteiger charge is -2.06. The van der Waals surface area contributed by atoms with E-state index < -0.39 is 11.7 Å². The first-order valence-corrected chi connectivity index (χ1v) is 7.01. The Hall–Kier alpha value is -2.33. The average molecular weight is 324 g/mol. The van der Waals surface area contributed by atoms with Gasteiger partial charge >= 0.3 is 6.18 Å². The number of rotatable bonds is 3. The number of nitrogens with zero attached hydrogens (tertiary/aromatic N) is 1. The fourth-order valence-electron chi connectivity index (χ4n) is 1.74. The van der Waals surface area contributed by atoms with Crippen molar-refractivity contribution in [3.8, 4) is 22.9 Å². The molecule has 1 aromatic heterocycles. The van der Waals surface area contributed by atoms with Gasteiger partial charge in [0, 0.05) is 5.56 Å². The highest BCUT2D eigenvalue weighted by Gasteiger charge is 2.30. The molecule has 0 bridgehead atoms. The highest BCUT2D eigenvalue weighted by molar-refractivity contribution is 7.17. The third-order valence-electron chi connectivity index (χ3n) is 2.81. The molecule has 22 heavy (non-hydrogen) atoms. The van der Waals surface area contributed by atoms with Gasteiger partial charge in [-0.2, -0.15) is 13.2 Å². The molecule has 0 saturated carbocycles. The lowest BCUT2D eigenvalue weighted by molar-refractivity contribution is -0.137. The Kier molecular flexibility index (Phi) is 4.52. The van der Waals surface area contributed by atoms with Crippen molar-refractivity contribution >= 4 is 17.2 Å². The molecule has 0 radical (unpaired) electrons. The first-order valence-electron chi connectivity index (χ1n) is 6.19. The van der Waals surface area contributed by atoms with Crippen molar-refractivity contribution in [3.63, 3.8) is 0 Å². The van der Waals surface area contributed by atoms with Gasteiger partial charge in [0.15, 0.2) is 0 Å². The zero-order valence-corrected chi connectivity index (χ0v) is 12.3. The Balaban J connectivity index is 2.27. The van der Waals surface area contributed by atoms with Crippen molar-refractivity contribution in [2.75, 3.05) is 6.54 Å². The first-order chi connectivity index (χ1) is 10.3. The van der Waals surface area contributed by atoms with E-state index in [0.717, 1.165) is 23.5 Å². The van der Waals surface area contributed by atoms with Crippen molar-refractivity contribution in [3.05, 3.63) is 40.4 Å². The summed E-state index contributed by atoms with van der Waals surface area (Å²) in [5.41, 5.74) is 0.308. The van der Waals surface area contributed by atoms with Crippen LogP contribution in [0.25, 0.3) is 10.6 Å². The van der Waals surface area contributed by atoms with Gasteiger partial charge in [0.2, 0.25) is 0 Å². The number of aromatic nitrogens is 1. The predicted molar refractivity (Wildman–Crippen MR) is 78.5 cm³/mol.